The molecule has 4 nitrogen and oxygen atoms in total. The molecule has 1 atom stereocenters. The fraction of sp³-hybridized carbons (Fsp3) is 0.647. The van der Waals surface area contributed by atoms with E-state index in [0.717, 1.165) is 42.9 Å². The van der Waals surface area contributed by atoms with Crippen LogP contribution < -0.4 is 10.6 Å². The van der Waals surface area contributed by atoms with Gasteiger partial charge in [-0.2, -0.15) is 0 Å². The molecule has 0 aliphatic heterocycles. The number of nitrogens with zero attached hydrogens (tertiary/aromatic N) is 1. The maximum atomic E-state index is 12.4. The molecule has 1 aliphatic rings. The van der Waals surface area contributed by atoms with Gasteiger partial charge in [0.05, 0.1) is 0 Å². The van der Waals surface area contributed by atoms with E-state index in [1.165, 1.54) is 12.8 Å². The van der Waals surface area contributed by atoms with Crippen molar-refractivity contribution in [2.45, 2.75) is 58.9 Å². The van der Waals surface area contributed by atoms with Gasteiger partial charge in [0.15, 0.2) is 0 Å². The highest BCUT2D eigenvalue weighted by atomic mass is 16.1. The number of aromatic nitrogens is 1. The number of rotatable bonds is 8. The number of nitrogens with one attached hydrogen (secondary N) is 2. The van der Waals surface area contributed by atoms with Crippen LogP contribution in [0.5, 0.6) is 0 Å². The molecule has 2 N–H and O–H groups in total. The number of amides is 1. The Balaban J connectivity index is 2.11. The maximum absolute atomic E-state index is 12.4. The van der Waals surface area contributed by atoms with Crippen LogP contribution in [0.15, 0.2) is 12.1 Å². The number of aryl methyl sites for hydroxylation is 1. The van der Waals surface area contributed by atoms with Crippen molar-refractivity contribution in [3.8, 4) is 0 Å². The van der Waals surface area contributed by atoms with Gasteiger partial charge in [0.2, 0.25) is 0 Å². The lowest BCUT2D eigenvalue weighted by Crippen LogP contribution is -2.34. The van der Waals surface area contributed by atoms with E-state index < -0.39 is 0 Å². The summed E-state index contributed by atoms with van der Waals surface area (Å²) in [5, 5.41) is 6.40. The molecule has 0 radical (unpaired) electrons. The van der Waals surface area contributed by atoms with Crippen LogP contribution in [-0.4, -0.2) is 23.5 Å². The van der Waals surface area contributed by atoms with E-state index in [-0.39, 0.29) is 11.9 Å². The van der Waals surface area contributed by atoms with Crippen molar-refractivity contribution >= 4 is 11.7 Å². The van der Waals surface area contributed by atoms with Crippen LogP contribution in [0.4, 0.5) is 5.82 Å². The highest BCUT2D eigenvalue weighted by Gasteiger charge is 2.29. The zero-order chi connectivity index (χ0) is 15.2. The molecule has 1 aromatic rings. The molecule has 1 unspecified atom stereocenters. The van der Waals surface area contributed by atoms with E-state index >= 15 is 0 Å². The van der Waals surface area contributed by atoms with E-state index in [4.69, 9.17) is 0 Å². The minimum Gasteiger partial charge on any atom is -0.370 e. The van der Waals surface area contributed by atoms with Crippen LogP contribution in [0.2, 0.25) is 0 Å². The van der Waals surface area contributed by atoms with Crippen molar-refractivity contribution in [1.82, 2.24) is 10.3 Å². The smallest absolute Gasteiger partial charge is 0.251 e. The maximum Gasteiger partial charge on any atom is 0.251 e. The summed E-state index contributed by atoms with van der Waals surface area (Å²) in [6, 6.07) is 4.06. The van der Waals surface area contributed by atoms with Gasteiger partial charge in [0, 0.05) is 23.8 Å². The third-order valence-electron chi connectivity index (χ3n) is 3.89. The molecule has 0 saturated heterocycles. The van der Waals surface area contributed by atoms with Gasteiger partial charge >= 0.3 is 0 Å². The molecule has 21 heavy (non-hydrogen) atoms. The Labute approximate surface area is 127 Å². The lowest BCUT2D eigenvalue weighted by Gasteiger charge is -2.14. The van der Waals surface area contributed by atoms with Gasteiger partial charge in [-0.15, -0.1) is 0 Å². The molecule has 0 bridgehead atoms. The summed E-state index contributed by atoms with van der Waals surface area (Å²) < 4.78 is 0. The average Bonchev–Trinajstić information content (AvgIpc) is 3.29. The lowest BCUT2D eigenvalue weighted by atomic mass is 10.1. The SMILES string of the molecule is CCCNc1cc(C(=O)NC(C)C2CC2)cc(CCC)n1. The Bertz CT molecular complexity index is 483. The van der Waals surface area contributed by atoms with Crippen LogP contribution in [0, 0.1) is 5.92 Å². The van der Waals surface area contributed by atoms with Crippen molar-refractivity contribution in [3.05, 3.63) is 23.4 Å². The molecular formula is C17H27N3O. The summed E-state index contributed by atoms with van der Waals surface area (Å²) >= 11 is 0. The zero-order valence-electron chi connectivity index (χ0n) is 13.4. The van der Waals surface area contributed by atoms with Gasteiger partial charge < -0.3 is 10.6 Å². The molecule has 1 saturated carbocycles. The Morgan fingerprint density at radius 2 is 2.10 bits per heavy atom. The lowest BCUT2D eigenvalue weighted by molar-refractivity contribution is 0.0935. The predicted molar refractivity (Wildman–Crippen MR) is 86.7 cm³/mol. The van der Waals surface area contributed by atoms with Crippen molar-refractivity contribution in [2.24, 2.45) is 5.92 Å². The monoisotopic (exact) mass is 289 g/mol. The Hall–Kier alpha value is -1.58. The first-order valence-corrected chi connectivity index (χ1v) is 8.19. The topological polar surface area (TPSA) is 54.0 Å². The van der Waals surface area contributed by atoms with E-state index in [1.54, 1.807) is 0 Å². The standard InChI is InChI=1S/C17H27N3O/c1-4-6-15-10-14(11-16(20-15)18-9-5-2)17(21)19-12(3)13-7-8-13/h10-13H,4-9H2,1-3H3,(H,18,20)(H,19,21). The summed E-state index contributed by atoms with van der Waals surface area (Å²) in [7, 11) is 0. The summed E-state index contributed by atoms with van der Waals surface area (Å²) in [6.45, 7) is 7.22. The van der Waals surface area contributed by atoms with Crippen LogP contribution in [0.1, 0.15) is 62.5 Å². The molecule has 1 fully saturated rings. The van der Waals surface area contributed by atoms with Crippen LogP contribution in [0.25, 0.3) is 0 Å². The molecule has 1 amide bonds. The Morgan fingerprint density at radius 3 is 2.71 bits per heavy atom. The van der Waals surface area contributed by atoms with E-state index in [1.807, 2.05) is 12.1 Å². The van der Waals surface area contributed by atoms with Crippen molar-refractivity contribution < 1.29 is 4.79 Å². The minimum absolute atomic E-state index is 0.0219. The number of carbonyl (C=O) groups is 1. The fourth-order valence-corrected chi connectivity index (χ4v) is 2.45. The molecule has 116 valence electrons. The molecule has 0 aromatic carbocycles. The van der Waals surface area contributed by atoms with Gasteiger partial charge in [-0.1, -0.05) is 20.3 Å². The third kappa shape index (κ3) is 4.73. The van der Waals surface area contributed by atoms with Gasteiger partial charge in [-0.25, -0.2) is 4.98 Å². The summed E-state index contributed by atoms with van der Waals surface area (Å²) in [5.41, 5.74) is 1.71. The van der Waals surface area contributed by atoms with Gasteiger partial charge in [0.25, 0.3) is 5.91 Å². The number of hydrogen-bond donors (Lipinski definition) is 2. The summed E-state index contributed by atoms with van der Waals surface area (Å²) in [6.07, 6.45) is 5.45. The zero-order valence-corrected chi connectivity index (χ0v) is 13.4. The molecule has 1 heterocycles. The average molecular weight is 289 g/mol. The van der Waals surface area contributed by atoms with Crippen LogP contribution >= 0.6 is 0 Å². The number of pyridine rings is 1. The van der Waals surface area contributed by atoms with Crippen LogP contribution in [-0.2, 0) is 6.42 Å². The number of hydrogen-bond acceptors (Lipinski definition) is 3. The van der Waals surface area contributed by atoms with Crippen LogP contribution in [0.3, 0.4) is 0 Å². The molecule has 2 rings (SSSR count). The van der Waals surface area contributed by atoms with E-state index in [2.05, 4.69) is 36.4 Å². The first kappa shape index (κ1) is 15.8. The second-order valence-electron chi connectivity index (χ2n) is 6.01. The fourth-order valence-electron chi connectivity index (χ4n) is 2.45. The number of carbonyl (C=O) groups excluding carboxylic acids is 1. The molecule has 1 aliphatic carbocycles. The second kappa shape index (κ2) is 7.43. The molecular weight excluding hydrogens is 262 g/mol. The Morgan fingerprint density at radius 1 is 1.33 bits per heavy atom. The molecule has 1 aromatic heterocycles. The van der Waals surface area contributed by atoms with E-state index in [9.17, 15) is 4.79 Å². The quantitative estimate of drug-likeness (QED) is 0.771. The van der Waals surface area contributed by atoms with E-state index in [0.29, 0.717) is 5.92 Å². The summed E-state index contributed by atoms with van der Waals surface area (Å²) in [5.74, 6) is 1.50. The minimum atomic E-state index is 0.0219. The second-order valence-corrected chi connectivity index (χ2v) is 6.01. The molecule has 4 heteroatoms. The van der Waals surface area contributed by atoms with Crippen molar-refractivity contribution in [3.63, 3.8) is 0 Å². The highest BCUT2D eigenvalue weighted by Crippen LogP contribution is 2.32. The third-order valence-corrected chi connectivity index (χ3v) is 3.89. The number of anilines is 1. The van der Waals surface area contributed by atoms with Crippen molar-refractivity contribution in [1.29, 1.82) is 0 Å². The normalized spacial score (nSPS) is 15.6. The van der Waals surface area contributed by atoms with Crippen molar-refractivity contribution in [2.75, 3.05) is 11.9 Å². The Kier molecular flexibility index (Phi) is 5.59. The first-order valence-electron chi connectivity index (χ1n) is 8.19. The predicted octanol–water partition coefficient (Wildman–Crippen LogP) is 3.38. The van der Waals surface area contributed by atoms with Gasteiger partial charge in [-0.3, -0.25) is 4.79 Å². The van der Waals surface area contributed by atoms with Gasteiger partial charge in [-0.05, 0) is 50.7 Å². The highest BCUT2D eigenvalue weighted by molar-refractivity contribution is 5.95. The van der Waals surface area contributed by atoms with Gasteiger partial charge in [0.1, 0.15) is 5.82 Å². The first-order chi connectivity index (χ1) is 10.1. The largest absolute Gasteiger partial charge is 0.370 e. The molecule has 0 spiro atoms. The summed E-state index contributed by atoms with van der Waals surface area (Å²) in [4.78, 5) is 17.0.